The first-order chi connectivity index (χ1) is 14.3. The van der Waals surface area contributed by atoms with Crippen LogP contribution in [0.4, 0.5) is 5.13 Å². The minimum atomic E-state index is -4.05. The molecule has 0 radical (unpaired) electrons. The Morgan fingerprint density at radius 1 is 1.10 bits per heavy atom. The van der Waals surface area contributed by atoms with E-state index >= 15 is 0 Å². The molecule has 1 amide bonds. The Morgan fingerprint density at radius 2 is 1.80 bits per heavy atom. The molecule has 0 saturated carbocycles. The normalized spacial score (nSPS) is 15.6. The minimum Gasteiger partial charge on any atom is -0.504 e. The molecule has 152 valence electrons. The van der Waals surface area contributed by atoms with Crippen molar-refractivity contribution in [3.63, 3.8) is 0 Å². The maximum Gasteiger partial charge on any atom is 0.278 e. The monoisotopic (exact) mass is 440 g/mol. The van der Waals surface area contributed by atoms with Crippen molar-refractivity contribution in [3.8, 4) is 0 Å². The number of hydrogen-bond acceptors (Lipinski definition) is 6. The molecule has 1 aliphatic rings. The number of nitrogens with zero attached hydrogens (tertiary/aromatic N) is 3. The van der Waals surface area contributed by atoms with E-state index in [-0.39, 0.29) is 16.3 Å². The predicted octanol–water partition coefficient (Wildman–Crippen LogP) is 3.29. The molecule has 5 rings (SSSR count). The number of fused-ring (bicyclic) bond motifs is 4. The molecule has 0 unspecified atom stereocenters. The fourth-order valence-corrected chi connectivity index (χ4v) is 6.21. The van der Waals surface area contributed by atoms with Gasteiger partial charge in [-0.2, -0.15) is 0 Å². The van der Waals surface area contributed by atoms with Gasteiger partial charge < -0.3 is 9.67 Å². The van der Waals surface area contributed by atoms with E-state index in [1.54, 1.807) is 35.9 Å². The summed E-state index contributed by atoms with van der Waals surface area (Å²) in [6.45, 7) is 0. The summed E-state index contributed by atoms with van der Waals surface area (Å²) in [6, 6.07) is 14.3. The molecule has 10 heteroatoms. The fraction of sp³-hybridized carbons (Fsp3) is 0.100. The Morgan fingerprint density at radius 3 is 2.57 bits per heavy atom. The van der Waals surface area contributed by atoms with Crippen LogP contribution in [0.1, 0.15) is 5.69 Å². The zero-order chi connectivity index (χ0) is 21.2. The van der Waals surface area contributed by atoms with Gasteiger partial charge in [-0.15, -0.1) is 0 Å². The predicted molar refractivity (Wildman–Crippen MR) is 116 cm³/mol. The van der Waals surface area contributed by atoms with Gasteiger partial charge in [-0.3, -0.25) is 14.4 Å². The van der Waals surface area contributed by atoms with Crippen molar-refractivity contribution in [3.05, 3.63) is 59.9 Å². The number of hydrogen-bond donors (Lipinski definition) is 2. The van der Waals surface area contributed by atoms with E-state index < -0.39 is 21.7 Å². The van der Waals surface area contributed by atoms with E-state index in [0.717, 1.165) is 14.5 Å². The van der Waals surface area contributed by atoms with Crippen LogP contribution in [0.25, 0.3) is 26.9 Å². The number of rotatable bonds is 2. The van der Waals surface area contributed by atoms with Gasteiger partial charge in [-0.25, -0.2) is 13.4 Å². The zero-order valence-corrected chi connectivity index (χ0v) is 17.6. The quantitative estimate of drug-likeness (QED) is 0.498. The average Bonchev–Trinajstić information content (AvgIpc) is 3.25. The molecule has 30 heavy (non-hydrogen) atoms. The van der Waals surface area contributed by atoms with Gasteiger partial charge in [0.2, 0.25) is 0 Å². The molecule has 8 nitrogen and oxygen atoms in total. The molecule has 0 atom stereocenters. The van der Waals surface area contributed by atoms with Crippen LogP contribution in [0.2, 0.25) is 0 Å². The topological polar surface area (TPSA) is 105 Å². The highest BCUT2D eigenvalue weighted by molar-refractivity contribution is 7.89. The van der Waals surface area contributed by atoms with Gasteiger partial charge in [-0.05, 0) is 18.2 Å². The molecular formula is C20H16N4O4S2. The van der Waals surface area contributed by atoms with Crippen molar-refractivity contribution in [2.75, 3.05) is 12.4 Å². The Labute approximate surface area is 175 Å². The van der Waals surface area contributed by atoms with Gasteiger partial charge in [0, 0.05) is 25.0 Å². The molecule has 0 bridgehead atoms. The summed E-state index contributed by atoms with van der Waals surface area (Å²) < 4.78 is 29.8. The molecule has 3 heterocycles. The van der Waals surface area contributed by atoms with E-state index in [0.29, 0.717) is 16.0 Å². The SMILES string of the molecule is CN1C(C(=O)Nc2nc3ccccc3s2)=C(O)c2c(c3ccccc3n2C)S1(=O)=O. The number of benzene rings is 2. The number of aliphatic hydroxyl groups excluding tert-OH is 1. The van der Waals surface area contributed by atoms with Crippen molar-refractivity contribution < 1.29 is 18.3 Å². The van der Waals surface area contributed by atoms with Crippen molar-refractivity contribution in [1.29, 1.82) is 0 Å². The number of aromatic nitrogens is 2. The third-order valence-corrected chi connectivity index (χ3v) is 7.96. The molecule has 1 aliphatic heterocycles. The number of carbonyl (C=O) groups excluding carboxylic acids is 1. The number of nitrogens with one attached hydrogen (secondary N) is 1. The lowest BCUT2D eigenvalue weighted by atomic mass is 10.2. The molecular weight excluding hydrogens is 424 g/mol. The first kappa shape index (κ1) is 18.6. The summed E-state index contributed by atoms with van der Waals surface area (Å²) in [5.74, 6) is -1.16. The second-order valence-corrected chi connectivity index (χ2v) is 9.80. The van der Waals surface area contributed by atoms with E-state index in [2.05, 4.69) is 10.3 Å². The summed E-state index contributed by atoms with van der Waals surface area (Å²) in [6.07, 6.45) is 0. The standard InChI is InChI=1S/C20H16N4O4S2/c1-23-13-9-5-3-7-11(13)18-15(23)17(25)16(24(2)30(18,27)28)19(26)22-20-21-12-8-4-6-10-14(12)29-20/h3-10,25H,1-2H3,(H,21,22,26). The van der Waals surface area contributed by atoms with Crippen LogP contribution in [0.5, 0.6) is 0 Å². The van der Waals surface area contributed by atoms with Crippen molar-refractivity contribution >= 4 is 59.3 Å². The summed E-state index contributed by atoms with van der Waals surface area (Å²) in [5, 5.41) is 14.4. The molecule has 4 aromatic rings. The third-order valence-electron chi connectivity index (χ3n) is 5.17. The molecule has 2 aromatic carbocycles. The Bertz CT molecular complexity index is 1460. The summed E-state index contributed by atoms with van der Waals surface area (Å²) in [4.78, 5) is 17.3. The van der Waals surface area contributed by atoms with Crippen molar-refractivity contribution in [2.24, 2.45) is 7.05 Å². The highest BCUT2D eigenvalue weighted by atomic mass is 32.2. The molecule has 2 aromatic heterocycles. The minimum absolute atomic E-state index is 0.0165. The van der Waals surface area contributed by atoms with Crippen LogP contribution < -0.4 is 5.32 Å². The van der Waals surface area contributed by atoms with Crippen LogP contribution in [0.3, 0.4) is 0 Å². The number of anilines is 1. The van der Waals surface area contributed by atoms with Crippen LogP contribution in [-0.4, -0.2) is 40.3 Å². The smallest absolute Gasteiger partial charge is 0.278 e. The summed E-state index contributed by atoms with van der Waals surface area (Å²) in [5.41, 5.74) is 1.09. The summed E-state index contributed by atoms with van der Waals surface area (Å²) in [7, 11) is -1.15. The van der Waals surface area contributed by atoms with Crippen LogP contribution >= 0.6 is 11.3 Å². The Hall–Kier alpha value is -3.37. The van der Waals surface area contributed by atoms with E-state index in [4.69, 9.17) is 0 Å². The largest absolute Gasteiger partial charge is 0.504 e. The van der Waals surface area contributed by atoms with E-state index in [1.807, 2.05) is 24.3 Å². The maximum atomic E-state index is 13.3. The first-order valence-corrected chi connectivity index (χ1v) is 11.2. The second kappa shape index (κ2) is 6.31. The molecule has 0 saturated heterocycles. The number of aryl methyl sites for hydroxylation is 1. The lowest BCUT2D eigenvalue weighted by Crippen LogP contribution is -2.37. The molecule has 0 aliphatic carbocycles. The lowest BCUT2D eigenvalue weighted by Gasteiger charge is -2.27. The van der Waals surface area contributed by atoms with E-state index in [1.165, 1.54) is 18.4 Å². The molecule has 0 spiro atoms. The first-order valence-electron chi connectivity index (χ1n) is 8.97. The van der Waals surface area contributed by atoms with E-state index in [9.17, 15) is 18.3 Å². The van der Waals surface area contributed by atoms with Gasteiger partial charge in [0.1, 0.15) is 10.6 Å². The van der Waals surface area contributed by atoms with Crippen molar-refractivity contribution in [2.45, 2.75) is 4.90 Å². The number of para-hydroxylation sites is 2. The third kappa shape index (κ3) is 2.47. The number of likely N-dealkylation sites (N-methyl/N-ethyl adjacent to an activating group) is 1. The average molecular weight is 441 g/mol. The molecule has 0 fully saturated rings. The number of amides is 1. The van der Waals surface area contributed by atoms with Gasteiger partial charge in [0.25, 0.3) is 15.9 Å². The van der Waals surface area contributed by atoms with Crippen molar-refractivity contribution in [1.82, 2.24) is 13.9 Å². The summed E-state index contributed by atoms with van der Waals surface area (Å²) >= 11 is 1.26. The van der Waals surface area contributed by atoms with Gasteiger partial charge in [0.15, 0.2) is 16.6 Å². The van der Waals surface area contributed by atoms with Crippen LogP contribution in [0, 0.1) is 0 Å². The maximum absolute atomic E-state index is 13.3. The number of carbonyl (C=O) groups is 1. The van der Waals surface area contributed by atoms with Crippen LogP contribution in [0.15, 0.2) is 59.1 Å². The molecule has 2 N–H and O–H groups in total. The zero-order valence-electron chi connectivity index (χ0n) is 15.9. The number of sulfonamides is 1. The number of thiazole rings is 1. The second-order valence-electron chi connectivity index (χ2n) is 6.86. The highest BCUT2D eigenvalue weighted by Crippen LogP contribution is 2.41. The van der Waals surface area contributed by atoms with Gasteiger partial charge >= 0.3 is 0 Å². The number of aliphatic hydroxyl groups is 1. The highest BCUT2D eigenvalue weighted by Gasteiger charge is 2.41. The lowest BCUT2D eigenvalue weighted by molar-refractivity contribution is -0.113. The Balaban J connectivity index is 1.67. The van der Waals surface area contributed by atoms with Gasteiger partial charge in [-0.1, -0.05) is 41.7 Å². The van der Waals surface area contributed by atoms with Crippen LogP contribution in [-0.2, 0) is 21.9 Å². The van der Waals surface area contributed by atoms with Gasteiger partial charge in [0.05, 0.1) is 10.2 Å². The Kier molecular flexibility index (Phi) is 3.92. The fourth-order valence-electron chi connectivity index (χ4n) is 3.74.